The average molecular weight is 809 g/mol. The topological polar surface area (TPSA) is 174 Å². The van der Waals surface area contributed by atoms with Crippen LogP contribution in [0.3, 0.4) is 0 Å². The van der Waals surface area contributed by atoms with E-state index in [0.717, 1.165) is 81.8 Å². The van der Waals surface area contributed by atoms with Crippen LogP contribution in [0.1, 0.15) is 149 Å². The number of carbonyl (C=O) groups excluding carboxylic acids is 5. The van der Waals surface area contributed by atoms with E-state index in [2.05, 4.69) is 21.8 Å². The fourth-order valence-electron chi connectivity index (χ4n) is 7.54. The van der Waals surface area contributed by atoms with Gasteiger partial charge < -0.3 is 24.0 Å². The molecule has 2 unspecified atom stereocenters. The van der Waals surface area contributed by atoms with Crippen molar-refractivity contribution in [3.8, 4) is 6.07 Å². The van der Waals surface area contributed by atoms with Gasteiger partial charge in [0.1, 0.15) is 31.8 Å². The molecule has 2 aromatic rings. The first-order valence-corrected chi connectivity index (χ1v) is 21.6. The van der Waals surface area contributed by atoms with Crippen LogP contribution in [-0.4, -0.2) is 94.7 Å². The minimum Gasteiger partial charge on any atom is -0.462 e. The number of anilines is 1. The van der Waals surface area contributed by atoms with Gasteiger partial charge in [0, 0.05) is 51.5 Å². The Hall–Kier alpha value is -4.54. The van der Waals surface area contributed by atoms with Gasteiger partial charge in [-0.25, -0.2) is 9.97 Å². The minimum absolute atomic E-state index is 0.0183. The summed E-state index contributed by atoms with van der Waals surface area (Å²) in [5.74, 6) is -0.214. The highest BCUT2D eigenvalue weighted by atomic mass is 16.6. The number of esters is 3. The third-order valence-electron chi connectivity index (χ3n) is 11.1. The van der Waals surface area contributed by atoms with E-state index in [-0.39, 0.29) is 86.5 Å². The summed E-state index contributed by atoms with van der Waals surface area (Å²) >= 11 is 0. The van der Waals surface area contributed by atoms with E-state index in [0.29, 0.717) is 37.5 Å². The molecule has 2 aromatic heterocycles. The molecule has 14 heteroatoms. The Morgan fingerprint density at radius 1 is 0.897 bits per heavy atom. The molecule has 0 saturated carbocycles. The summed E-state index contributed by atoms with van der Waals surface area (Å²) in [6, 6.07) is 3.88. The first-order valence-electron chi connectivity index (χ1n) is 21.6. The van der Waals surface area contributed by atoms with E-state index >= 15 is 0 Å². The zero-order valence-electron chi connectivity index (χ0n) is 35.9. The lowest BCUT2D eigenvalue weighted by Gasteiger charge is -2.42. The quantitative estimate of drug-likeness (QED) is 0.0513. The van der Waals surface area contributed by atoms with E-state index in [1.165, 1.54) is 6.33 Å². The molecule has 1 amide bonds. The van der Waals surface area contributed by atoms with E-state index < -0.39 is 6.10 Å². The Bertz CT molecular complexity index is 1630. The first kappa shape index (κ1) is 47.8. The SMILES string of the molecule is CCCC(=O)OCC(COC(=O)CCC)OC(=O)CC(C)CCCCCCCCCCC(C)C(=O)n1ccc2c(N(C)[C@H]3CN(C(=O)CC#N)CC[C@H]3C)ncnc21. The van der Waals surface area contributed by atoms with Crippen molar-refractivity contribution in [1.82, 2.24) is 19.4 Å². The second-order valence-electron chi connectivity index (χ2n) is 16.2. The molecule has 1 aliphatic rings. The van der Waals surface area contributed by atoms with Crippen molar-refractivity contribution in [1.29, 1.82) is 5.26 Å². The molecule has 3 rings (SSSR count). The number of nitrogens with zero attached hydrogens (tertiary/aromatic N) is 6. The van der Waals surface area contributed by atoms with Crippen LogP contribution in [0.25, 0.3) is 11.0 Å². The molecule has 4 atom stereocenters. The van der Waals surface area contributed by atoms with Crippen LogP contribution in [0, 0.1) is 29.1 Å². The highest BCUT2D eigenvalue weighted by molar-refractivity contribution is 5.96. The second-order valence-corrected chi connectivity index (χ2v) is 16.2. The molecule has 0 aliphatic carbocycles. The zero-order chi connectivity index (χ0) is 42.5. The lowest BCUT2D eigenvalue weighted by atomic mass is 9.92. The Morgan fingerprint density at radius 3 is 2.10 bits per heavy atom. The minimum atomic E-state index is -0.817. The van der Waals surface area contributed by atoms with Crippen LogP contribution in [-0.2, 0) is 33.4 Å². The molecule has 14 nitrogen and oxygen atoms in total. The molecule has 0 N–H and O–H groups in total. The van der Waals surface area contributed by atoms with Crippen molar-refractivity contribution in [2.45, 2.75) is 156 Å². The van der Waals surface area contributed by atoms with Crippen LogP contribution >= 0.6 is 0 Å². The molecule has 322 valence electrons. The van der Waals surface area contributed by atoms with Crippen molar-refractivity contribution < 1.29 is 38.2 Å². The van der Waals surface area contributed by atoms with Crippen LogP contribution in [0.5, 0.6) is 0 Å². The number of piperidine rings is 1. The molecule has 1 aliphatic heterocycles. The molecular weight excluding hydrogens is 741 g/mol. The lowest BCUT2D eigenvalue weighted by molar-refractivity contribution is -0.167. The number of rotatable bonds is 26. The Kier molecular flexibility index (Phi) is 21.2. The van der Waals surface area contributed by atoms with Gasteiger partial charge in [-0.2, -0.15) is 5.26 Å². The smallest absolute Gasteiger partial charge is 0.306 e. The number of likely N-dealkylation sites (N-methyl/N-ethyl adjacent to an activating group) is 1. The monoisotopic (exact) mass is 809 g/mol. The summed E-state index contributed by atoms with van der Waals surface area (Å²) < 4.78 is 17.6. The van der Waals surface area contributed by atoms with E-state index in [1.807, 2.05) is 46.9 Å². The van der Waals surface area contributed by atoms with Crippen molar-refractivity contribution in [3.05, 3.63) is 18.6 Å². The summed E-state index contributed by atoms with van der Waals surface area (Å²) in [5.41, 5.74) is 0.585. The van der Waals surface area contributed by atoms with Crippen LogP contribution < -0.4 is 4.90 Å². The maximum atomic E-state index is 13.6. The predicted molar refractivity (Wildman–Crippen MR) is 222 cm³/mol. The predicted octanol–water partition coefficient (Wildman–Crippen LogP) is 7.82. The molecule has 0 spiro atoms. The van der Waals surface area contributed by atoms with Crippen LogP contribution in [0.15, 0.2) is 18.6 Å². The Labute approximate surface area is 345 Å². The molecule has 0 aromatic carbocycles. The number of aromatic nitrogens is 3. The third kappa shape index (κ3) is 15.7. The lowest BCUT2D eigenvalue weighted by Crippen LogP contribution is -2.52. The highest BCUT2D eigenvalue weighted by Crippen LogP contribution is 2.30. The highest BCUT2D eigenvalue weighted by Gasteiger charge is 2.33. The molecule has 3 heterocycles. The van der Waals surface area contributed by atoms with E-state index in [1.54, 1.807) is 15.7 Å². The molecular formula is C44H68N6O8. The number of ether oxygens (including phenoxy) is 3. The van der Waals surface area contributed by atoms with Gasteiger partial charge in [-0.05, 0) is 43.6 Å². The molecule has 58 heavy (non-hydrogen) atoms. The van der Waals surface area contributed by atoms with Crippen molar-refractivity contribution >= 4 is 46.6 Å². The van der Waals surface area contributed by atoms with Gasteiger partial charge >= 0.3 is 17.9 Å². The first-order chi connectivity index (χ1) is 27.9. The number of hydrogen-bond acceptors (Lipinski definition) is 12. The van der Waals surface area contributed by atoms with E-state index in [9.17, 15) is 24.0 Å². The van der Waals surface area contributed by atoms with Gasteiger partial charge in [-0.3, -0.25) is 28.5 Å². The van der Waals surface area contributed by atoms with Gasteiger partial charge in [0.05, 0.1) is 17.5 Å². The summed E-state index contributed by atoms with van der Waals surface area (Å²) in [7, 11) is 1.97. The third-order valence-corrected chi connectivity index (χ3v) is 11.1. The van der Waals surface area contributed by atoms with E-state index in [4.69, 9.17) is 19.5 Å². The van der Waals surface area contributed by atoms with Gasteiger partial charge in [0.25, 0.3) is 0 Å². The number of likely N-dealkylation sites (tertiary alicyclic amines) is 1. The number of nitriles is 1. The summed E-state index contributed by atoms with van der Waals surface area (Å²) in [6.07, 6.45) is 15.8. The average Bonchev–Trinajstić information content (AvgIpc) is 3.64. The largest absolute Gasteiger partial charge is 0.462 e. The standard InChI is InChI=1S/C44H68N6O8/c1-7-17-39(52)56-29-35(30-57-40(53)18-8-2)58-41(54)27-32(3)19-15-13-11-9-10-12-14-16-20-34(5)44(55)50-26-23-36-42(46-31-47-43(36)50)48(6)37-28-49(25-22-33(37)4)38(51)21-24-45/h23,26,31-35,37H,7-22,25,27-30H2,1-6H3/t32?,33-,34?,37+/m1/s1. The van der Waals surface area contributed by atoms with Crippen LogP contribution in [0.4, 0.5) is 5.82 Å². The maximum Gasteiger partial charge on any atom is 0.306 e. The normalized spacial score (nSPS) is 16.4. The number of unbranched alkanes of at least 4 members (excludes halogenated alkanes) is 7. The van der Waals surface area contributed by atoms with Crippen molar-refractivity contribution in [3.63, 3.8) is 0 Å². The molecule has 0 bridgehead atoms. The Balaban J connectivity index is 1.33. The number of fused-ring (bicyclic) bond motifs is 1. The summed E-state index contributed by atoms with van der Waals surface area (Å²) in [6.45, 7) is 10.8. The van der Waals surface area contributed by atoms with Gasteiger partial charge in [0.15, 0.2) is 11.8 Å². The van der Waals surface area contributed by atoms with Crippen LogP contribution in [0.2, 0.25) is 0 Å². The summed E-state index contributed by atoms with van der Waals surface area (Å²) in [4.78, 5) is 75.2. The van der Waals surface area contributed by atoms with Gasteiger partial charge in [-0.15, -0.1) is 0 Å². The molecule has 0 radical (unpaired) electrons. The zero-order valence-corrected chi connectivity index (χ0v) is 35.9. The Morgan fingerprint density at radius 2 is 1.50 bits per heavy atom. The maximum absolute atomic E-state index is 13.6. The second kappa shape index (κ2) is 25.7. The number of carbonyl (C=O) groups is 5. The summed E-state index contributed by atoms with van der Waals surface area (Å²) in [5, 5.41) is 9.81. The fourth-order valence-corrected chi connectivity index (χ4v) is 7.54. The van der Waals surface area contributed by atoms with Crippen molar-refractivity contribution in [2.75, 3.05) is 38.3 Å². The molecule has 1 saturated heterocycles. The van der Waals surface area contributed by atoms with Gasteiger partial charge in [0.2, 0.25) is 11.8 Å². The number of amides is 1. The molecule has 1 fully saturated rings. The number of hydrogen-bond donors (Lipinski definition) is 0. The fraction of sp³-hybridized carbons (Fsp3) is 0.727. The van der Waals surface area contributed by atoms with Crippen molar-refractivity contribution in [2.24, 2.45) is 17.8 Å². The van der Waals surface area contributed by atoms with Gasteiger partial charge in [-0.1, -0.05) is 92.4 Å².